The number of carbonyl (C=O) groups is 1. The molecule has 0 aliphatic carbocycles. The minimum Gasteiger partial charge on any atom is -0.481 e. The summed E-state index contributed by atoms with van der Waals surface area (Å²) in [6, 6.07) is 5.95. The summed E-state index contributed by atoms with van der Waals surface area (Å²) in [6.07, 6.45) is 0.0880. The molecule has 6 nitrogen and oxygen atoms in total. The van der Waals surface area contributed by atoms with E-state index in [9.17, 15) is 13.2 Å². The summed E-state index contributed by atoms with van der Waals surface area (Å²) in [6.45, 7) is 3.90. The fraction of sp³-hybridized carbons (Fsp3) is 0.462. The van der Waals surface area contributed by atoms with E-state index in [1.807, 2.05) is 6.92 Å². The lowest BCUT2D eigenvalue weighted by molar-refractivity contribution is -0.126. The second kappa shape index (κ2) is 7.25. The molecule has 0 saturated carbocycles. The second-order valence-electron chi connectivity index (χ2n) is 4.24. The average molecular weight is 300 g/mol. The number of amides is 1. The highest BCUT2D eigenvalue weighted by molar-refractivity contribution is 7.89. The predicted molar refractivity (Wildman–Crippen MR) is 76.1 cm³/mol. The molecule has 112 valence electrons. The minimum absolute atomic E-state index is 0.172. The SMILES string of the molecule is CCCNS(=O)(=O)c1ccc(O[C@H](C)C(=O)NC)cc1. The van der Waals surface area contributed by atoms with Gasteiger partial charge in [-0.25, -0.2) is 13.1 Å². The smallest absolute Gasteiger partial charge is 0.260 e. The molecule has 0 aliphatic rings. The molecule has 0 heterocycles. The van der Waals surface area contributed by atoms with Gasteiger partial charge in [0.05, 0.1) is 4.90 Å². The summed E-state index contributed by atoms with van der Waals surface area (Å²) < 4.78 is 31.6. The van der Waals surface area contributed by atoms with Crippen molar-refractivity contribution in [3.05, 3.63) is 24.3 Å². The van der Waals surface area contributed by atoms with Gasteiger partial charge >= 0.3 is 0 Å². The third-order valence-electron chi connectivity index (χ3n) is 2.60. The summed E-state index contributed by atoms with van der Waals surface area (Å²) in [5, 5.41) is 2.47. The van der Waals surface area contributed by atoms with E-state index in [1.54, 1.807) is 6.92 Å². The molecule has 0 bridgehead atoms. The van der Waals surface area contributed by atoms with Crippen molar-refractivity contribution in [2.45, 2.75) is 31.3 Å². The van der Waals surface area contributed by atoms with Crippen molar-refractivity contribution in [3.8, 4) is 5.75 Å². The van der Waals surface area contributed by atoms with Crippen molar-refractivity contribution in [1.29, 1.82) is 0 Å². The van der Waals surface area contributed by atoms with E-state index >= 15 is 0 Å². The third-order valence-corrected chi connectivity index (χ3v) is 4.08. The molecule has 0 saturated heterocycles. The summed E-state index contributed by atoms with van der Waals surface area (Å²) >= 11 is 0. The van der Waals surface area contributed by atoms with Crippen molar-refractivity contribution in [1.82, 2.24) is 10.0 Å². The van der Waals surface area contributed by atoms with Crippen LogP contribution in [-0.4, -0.2) is 34.0 Å². The highest BCUT2D eigenvalue weighted by Crippen LogP contribution is 2.17. The Hall–Kier alpha value is -1.60. The fourth-order valence-corrected chi connectivity index (χ4v) is 2.61. The monoisotopic (exact) mass is 300 g/mol. The van der Waals surface area contributed by atoms with Crippen LogP contribution >= 0.6 is 0 Å². The summed E-state index contributed by atoms with van der Waals surface area (Å²) in [5.41, 5.74) is 0. The normalized spacial score (nSPS) is 12.8. The Bertz CT molecular complexity index is 540. The van der Waals surface area contributed by atoms with E-state index in [-0.39, 0.29) is 10.8 Å². The summed E-state index contributed by atoms with van der Waals surface area (Å²) in [5.74, 6) is 0.196. The molecule has 2 N–H and O–H groups in total. The van der Waals surface area contributed by atoms with Crippen LogP contribution in [-0.2, 0) is 14.8 Å². The second-order valence-corrected chi connectivity index (χ2v) is 6.01. The molecular weight excluding hydrogens is 280 g/mol. The quantitative estimate of drug-likeness (QED) is 0.783. The van der Waals surface area contributed by atoms with Crippen molar-refractivity contribution in [2.75, 3.05) is 13.6 Å². The highest BCUT2D eigenvalue weighted by atomic mass is 32.2. The standard InChI is InChI=1S/C13H20N2O4S/c1-4-9-15-20(17,18)12-7-5-11(6-8-12)19-10(2)13(16)14-3/h5-8,10,15H,4,9H2,1-3H3,(H,14,16)/t10-/m1/s1. The van der Waals surface area contributed by atoms with Crippen LogP contribution in [0.3, 0.4) is 0 Å². The van der Waals surface area contributed by atoms with Gasteiger partial charge < -0.3 is 10.1 Å². The van der Waals surface area contributed by atoms with Crippen LogP contribution in [0.25, 0.3) is 0 Å². The van der Waals surface area contributed by atoms with Crippen LogP contribution in [0.1, 0.15) is 20.3 Å². The Morgan fingerprint density at radius 2 is 1.90 bits per heavy atom. The number of nitrogens with one attached hydrogen (secondary N) is 2. The molecule has 0 fully saturated rings. The van der Waals surface area contributed by atoms with Crippen molar-refractivity contribution in [3.63, 3.8) is 0 Å². The van der Waals surface area contributed by atoms with Gasteiger partial charge in [0.2, 0.25) is 10.0 Å². The maximum atomic E-state index is 11.9. The van der Waals surface area contributed by atoms with E-state index in [2.05, 4.69) is 10.0 Å². The van der Waals surface area contributed by atoms with Gasteiger partial charge in [-0.15, -0.1) is 0 Å². The van der Waals surface area contributed by atoms with Crippen LogP contribution in [0, 0.1) is 0 Å². The van der Waals surface area contributed by atoms with Gasteiger partial charge in [-0.2, -0.15) is 0 Å². The topological polar surface area (TPSA) is 84.5 Å². The van der Waals surface area contributed by atoms with Crippen LogP contribution in [0.15, 0.2) is 29.2 Å². The number of hydrogen-bond donors (Lipinski definition) is 2. The van der Waals surface area contributed by atoms with E-state index in [4.69, 9.17) is 4.74 Å². The maximum Gasteiger partial charge on any atom is 0.260 e. The van der Waals surface area contributed by atoms with Gasteiger partial charge in [-0.3, -0.25) is 4.79 Å². The van der Waals surface area contributed by atoms with E-state index in [1.165, 1.54) is 31.3 Å². The minimum atomic E-state index is -3.47. The van der Waals surface area contributed by atoms with Crippen LogP contribution in [0.2, 0.25) is 0 Å². The van der Waals surface area contributed by atoms with Crippen molar-refractivity contribution >= 4 is 15.9 Å². The molecule has 0 aliphatic heterocycles. The molecule has 1 atom stereocenters. The lowest BCUT2D eigenvalue weighted by Gasteiger charge is -2.13. The first kappa shape index (κ1) is 16.5. The Morgan fingerprint density at radius 1 is 1.30 bits per heavy atom. The number of rotatable bonds is 7. The van der Waals surface area contributed by atoms with Crippen LogP contribution in [0.5, 0.6) is 5.75 Å². The van der Waals surface area contributed by atoms with E-state index in [0.29, 0.717) is 12.3 Å². The lowest BCUT2D eigenvalue weighted by atomic mass is 10.3. The zero-order valence-corrected chi connectivity index (χ0v) is 12.7. The Labute approximate surface area is 119 Å². The Balaban J connectivity index is 2.76. The molecule has 0 unspecified atom stereocenters. The number of carbonyl (C=O) groups excluding carboxylic acids is 1. The summed E-state index contributed by atoms with van der Waals surface area (Å²) in [4.78, 5) is 11.5. The van der Waals surface area contributed by atoms with Crippen LogP contribution < -0.4 is 14.8 Å². The molecule has 20 heavy (non-hydrogen) atoms. The maximum absolute atomic E-state index is 11.9. The van der Waals surface area contributed by atoms with Gasteiger partial charge in [0.15, 0.2) is 6.10 Å². The molecule has 7 heteroatoms. The zero-order chi connectivity index (χ0) is 15.2. The van der Waals surface area contributed by atoms with Gasteiger partial charge in [0, 0.05) is 13.6 Å². The van der Waals surface area contributed by atoms with Gasteiger partial charge in [-0.05, 0) is 37.6 Å². The Kier molecular flexibility index (Phi) is 5.97. The molecule has 1 amide bonds. The number of hydrogen-bond acceptors (Lipinski definition) is 4. The molecule has 0 radical (unpaired) electrons. The number of benzene rings is 1. The van der Waals surface area contributed by atoms with E-state index < -0.39 is 16.1 Å². The number of sulfonamides is 1. The number of ether oxygens (including phenoxy) is 1. The van der Waals surface area contributed by atoms with Gasteiger partial charge in [-0.1, -0.05) is 6.92 Å². The van der Waals surface area contributed by atoms with E-state index in [0.717, 1.165) is 6.42 Å². The summed E-state index contributed by atoms with van der Waals surface area (Å²) in [7, 11) is -1.95. The first-order valence-corrected chi connectivity index (χ1v) is 7.87. The third kappa shape index (κ3) is 4.50. The first-order valence-electron chi connectivity index (χ1n) is 6.38. The predicted octanol–water partition coefficient (Wildman–Crippen LogP) is 0.888. The lowest BCUT2D eigenvalue weighted by Crippen LogP contribution is -2.33. The molecule has 0 aromatic heterocycles. The first-order chi connectivity index (χ1) is 9.40. The fourth-order valence-electron chi connectivity index (χ4n) is 1.48. The molecule has 1 rings (SSSR count). The molecule has 1 aromatic rings. The Morgan fingerprint density at radius 3 is 2.40 bits per heavy atom. The zero-order valence-electron chi connectivity index (χ0n) is 11.8. The average Bonchev–Trinajstić information content (AvgIpc) is 2.44. The molecular formula is C13H20N2O4S. The van der Waals surface area contributed by atoms with Gasteiger partial charge in [0.25, 0.3) is 5.91 Å². The van der Waals surface area contributed by atoms with Crippen LogP contribution in [0.4, 0.5) is 0 Å². The van der Waals surface area contributed by atoms with Crippen molar-refractivity contribution < 1.29 is 17.9 Å². The number of likely N-dealkylation sites (N-methyl/N-ethyl adjacent to an activating group) is 1. The largest absolute Gasteiger partial charge is 0.481 e. The highest BCUT2D eigenvalue weighted by Gasteiger charge is 2.15. The molecule has 1 aromatic carbocycles. The van der Waals surface area contributed by atoms with Gasteiger partial charge in [0.1, 0.15) is 5.75 Å². The van der Waals surface area contributed by atoms with Crippen molar-refractivity contribution in [2.24, 2.45) is 0 Å². The molecule has 0 spiro atoms.